The average molecular weight is 757 g/mol. The number of aromatic hydroxyl groups is 1. The van der Waals surface area contributed by atoms with Crippen molar-refractivity contribution in [1.82, 2.24) is 6.15 Å². The fraction of sp³-hybridized carbons (Fsp3) is 0. The molecule has 234 valence electrons. The molecule has 25 heteroatoms. The van der Waals surface area contributed by atoms with Gasteiger partial charge in [-0.1, -0.05) is 12.1 Å². The van der Waals surface area contributed by atoms with Crippen LogP contribution in [0.2, 0.25) is 0 Å². The van der Waals surface area contributed by atoms with E-state index in [0.29, 0.717) is 6.07 Å². The standard InChI is InChI=1S/C22H17N4O13PS3.H3N.3Na/c27-18-7-4-12-8-16(41(31,32)33)11-20(43(37,38)39)21(12)22(18)26-25-17-6-5-14(10-19(17)42(34,35)36)24-23-13-2-1-3-15(9-13)40(28,29)30;;;;/h1-11,27H,(H2,28,29,30)(H,31,32,33)(H,34,35,36)(H,37,38,39);1H3;;;/q;;3*+1/p-2. The van der Waals surface area contributed by atoms with Crippen LogP contribution in [0.3, 0.4) is 0 Å². The molecule has 0 radical (unpaired) electrons. The largest absolute Gasteiger partial charge is 1.00 e. The molecule has 47 heavy (non-hydrogen) atoms. The number of benzene rings is 4. The summed E-state index contributed by atoms with van der Waals surface area (Å²) in [5.41, 5.74) is -1.64. The molecular weight excluding hydrogens is 738 g/mol. The van der Waals surface area contributed by atoms with Gasteiger partial charge in [-0.3, -0.25) is 4.57 Å². The molecule has 0 bridgehead atoms. The molecule has 0 spiro atoms. The SMILES string of the molecule is O=P(O)(O)c1cccc(N=Nc2ccc(N=Nc3c(O)ccc4cc(S(=O)(=O)[O-])cc(S(=O)(=O)[O-])c34)c(S(=O)(=O)[O-])c2)c1.[NH4+].[Na+].[Na+].[Na+]. The van der Waals surface area contributed by atoms with Crippen molar-refractivity contribution in [2.24, 2.45) is 20.5 Å². The Balaban J connectivity index is 0.00000529. The Hall–Kier alpha value is -1.02. The number of fused-ring (bicyclic) bond motifs is 1. The van der Waals surface area contributed by atoms with Crippen LogP contribution < -0.4 is 100 Å². The van der Waals surface area contributed by atoms with Gasteiger partial charge in [-0.15, -0.1) is 10.2 Å². The fourth-order valence-electron chi connectivity index (χ4n) is 3.62. The third-order valence-electron chi connectivity index (χ3n) is 5.48. The molecule has 18 nitrogen and oxygen atoms in total. The third kappa shape index (κ3) is 11.5. The second-order valence-corrected chi connectivity index (χ2v) is 14.1. The second kappa shape index (κ2) is 17.3. The smallest absolute Gasteiger partial charge is 0.744 e. The minimum absolute atomic E-state index is 0. The number of hydrogen-bond acceptors (Lipinski definition) is 15. The van der Waals surface area contributed by atoms with Gasteiger partial charge in [0.2, 0.25) is 0 Å². The molecule has 0 aliphatic rings. The Morgan fingerprint density at radius 3 is 1.74 bits per heavy atom. The van der Waals surface area contributed by atoms with Crippen LogP contribution in [0, 0.1) is 0 Å². The molecule has 4 aromatic carbocycles. The maximum atomic E-state index is 12.0. The van der Waals surface area contributed by atoms with Gasteiger partial charge in [0.25, 0.3) is 0 Å². The van der Waals surface area contributed by atoms with Gasteiger partial charge in [0.15, 0.2) is 0 Å². The second-order valence-electron chi connectivity index (χ2n) is 8.43. The van der Waals surface area contributed by atoms with Crippen molar-refractivity contribution in [3.05, 3.63) is 66.7 Å². The van der Waals surface area contributed by atoms with Crippen LogP contribution in [0.1, 0.15) is 0 Å². The predicted octanol–water partition coefficient (Wildman–Crippen LogP) is -5.72. The van der Waals surface area contributed by atoms with E-state index in [1.807, 2.05) is 0 Å². The van der Waals surface area contributed by atoms with Crippen LogP contribution in [-0.2, 0) is 34.9 Å². The number of phenols is 1. The van der Waals surface area contributed by atoms with E-state index in [1.54, 1.807) is 0 Å². The van der Waals surface area contributed by atoms with Crippen molar-refractivity contribution in [3.8, 4) is 5.75 Å². The van der Waals surface area contributed by atoms with E-state index in [2.05, 4.69) is 20.5 Å². The molecular formula is C22H18N5Na3O13PS3+. The van der Waals surface area contributed by atoms with Gasteiger partial charge < -0.3 is 34.7 Å². The fourth-order valence-corrected chi connectivity index (χ4v) is 6.17. The Kier molecular flexibility index (Phi) is 16.9. The maximum Gasteiger partial charge on any atom is 1.00 e. The van der Waals surface area contributed by atoms with Crippen LogP contribution in [0.25, 0.3) is 10.8 Å². The summed E-state index contributed by atoms with van der Waals surface area (Å²) in [6.07, 6.45) is 0. The predicted molar refractivity (Wildman–Crippen MR) is 148 cm³/mol. The maximum absolute atomic E-state index is 12.0. The molecule has 0 atom stereocenters. The van der Waals surface area contributed by atoms with E-state index in [0.717, 1.165) is 42.5 Å². The van der Waals surface area contributed by atoms with Gasteiger partial charge in [-0.2, -0.15) is 10.2 Å². The van der Waals surface area contributed by atoms with E-state index >= 15 is 0 Å². The van der Waals surface area contributed by atoms with Crippen molar-refractivity contribution < 1.29 is 147 Å². The molecule has 0 heterocycles. The van der Waals surface area contributed by atoms with Crippen LogP contribution >= 0.6 is 7.60 Å². The van der Waals surface area contributed by atoms with E-state index in [4.69, 9.17) is 0 Å². The molecule has 0 aliphatic carbocycles. The molecule has 0 unspecified atom stereocenters. The summed E-state index contributed by atoms with van der Waals surface area (Å²) in [4.78, 5) is 15.2. The van der Waals surface area contributed by atoms with Crippen LogP contribution in [0.4, 0.5) is 22.7 Å². The molecule has 4 rings (SSSR count). The van der Waals surface area contributed by atoms with Crippen LogP contribution in [0.5, 0.6) is 5.75 Å². The minimum atomic E-state index is -5.49. The summed E-state index contributed by atoms with van der Waals surface area (Å²) in [7, 11) is -20.6. The molecule has 4 aromatic rings. The summed E-state index contributed by atoms with van der Waals surface area (Å²) >= 11 is 0. The zero-order chi connectivity index (χ0) is 32.0. The van der Waals surface area contributed by atoms with Crippen molar-refractivity contribution >= 4 is 76.8 Å². The Labute approximate surface area is 333 Å². The number of quaternary nitrogens is 1. The monoisotopic (exact) mass is 756 g/mol. The molecule has 0 saturated heterocycles. The van der Waals surface area contributed by atoms with Crippen molar-refractivity contribution in [3.63, 3.8) is 0 Å². The Bertz CT molecular complexity index is 2250. The van der Waals surface area contributed by atoms with Crippen LogP contribution in [-0.4, -0.2) is 53.8 Å². The molecule has 0 amide bonds. The number of rotatable bonds is 8. The first kappa shape index (κ1) is 46.0. The summed E-state index contributed by atoms with van der Waals surface area (Å²) < 4.78 is 118. The van der Waals surface area contributed by atoms with Crippen molar-refractivity contribution in [2.75, 3.05) is 0 Å². The number of hydrogen-bond donors (Lipinski definition) is 4. The minimum Gasteiger partial charge on any atom is -0.744 e. The van der Waals surface area contributed by atoms with E-state index in [9.17, 15) is 58.4 Å². The number of nitrogens with zero attached hydrogens (tertiary/aromatic N) is 4. The van der Waals surface area contributed by atoms with Crippen molar-refractivity contribution in [1.29, 1.82) is 0 Å². The van der Waals surface area contributed by atoms with E-state index in [1.165, 1.54) is 12.1 Å². The average Bonchev–Trinajstić information content (AvgIpc) is 2.89. The molecule has 0 aromatic heterocycles. The molecule has 0 fully saturated rings. The van der Waals surface area contributed by atoms with Gasteiger partial charge in [0.05, 0.1) is 31.4 Å². The Morgan fingerprint density at radius 2 is 1.21 bits per heavy atom. The summed E-state index contributed by atoms with van der Waals surface area (Å²) in [5, 5.41) is 23.7. The summed E-state index contributed by atoms with van der Waals surface area (Å²) in [6, 6.07) is 10.4. The topological polar surface area (TPSA) is 335 Å². The first-order valence-corrected chi connectivity index (χ1v) is 16.9. The zero-order valence-electron chi connectivity index (χ0n) is 24.7. The summed E-state index contributed by atoms with van der Waals surface area (Å²) in [6.45, 7) is 0. The number of phenolic OH excluding ortho intramolecular Hbond substituents is 1. The summed E-state index contributed by atoms with van der Waals surface area (Å²) in [5.74, 6) is -0.798. The molecule has 0 saturated carbocycles. The normalized spacial score (nSPS) is 12.2. The quantitative estimate of drug-likeness (QED) is 0.0564. The van der Waals surface area contributed by atoms with Gasteiger partial charge in [-0.25, -0.2) is 25.3 Å². The van der Waals surface area contributed by atoms with Crippen LogP contribution in [0.15, 0.2) is 102 Å². The molecule has 7 N–H and O–H groups in total. The van der Waals surface area contributed by atoms with E-state index in [-0.39, 0.29) is 123 Å². The molecule has 0 aliphatic heterocycles. The zero-order valence-corrected chi connectivity index (χ0v) is 34.1. The Morgan fingerprint density at radius 1 is 0.638 bits per heavy atom. The number of azo groups is 2. The van der Waals surface area contributed by atoms with Gasteiger partial charge in [-0.05, 0) is 60.0 Å². The van der Waals surface area contributed by atoms with Gasteiger partial charge in [0.1, 0.15) is 47.5 Å². The van der Waals surface area contributed by atoms with E-state index < -0.39 is 75.1 Å². The van der Waals surface area contributed by atoms with Gasteiger partial charge in [0, 0.05) is 5.39 Å². The van der Waals surface area contributed by atoms with Crippen molar-refractivity contribution in [2.45, 2.75) is 14.7 Å². The first-order chi connectivity index (χ1) is 19.7. The van der Waals surface area contributed by atoms with Gasteiger partial charge >= 0.3 is 96.3 Å². The first-order valence-electron chi connectivity index (χ1n) is 11.1. The third-order valence-corrected chi connectivity index (χ3v) is 8.97.